The molecule has 3 aromatic heterocycles. The fraction of sp³-hybridized carbons (Fsp3) is 0.345. The smallest absolute Gasteiger partial charge is 0.339 e. The van der Waals surface area contributed by atoms with Crippen molar-refractivity contribution in [2.45, 2.75) is 44.5 Å². The molecule has 42 heavy (non-hydrogen) atoms. The maximum Gasteiger partial charge on any atom is 0.339 e. The van der Waals surface area contributed by atoms with Crippen molar-refractivity contribution in [3.63, 3.8) is 0 Å². The zero-order valence-electron chi connectivity index (χ0n) is 22.8. The molecule has 218 valence electrons. The lowest BCUT2D eigenvalue weighted by Gasteiger charge is -2.19. The van der Waals surface area contributed by atoms with Crippen molar-refractivity contribution in [3.8, 4) is 0 Å². The predicted octanol–water partition coefficient (Wildman–Crippen LogP) is 3.86. The van der Waals surface area contributed by atoms with Crippen LogP contribution < -0.4 is 10.6 Å². The third-order valence-electron chi connectivity index (χ3n) is 7.37. The van der Waals surface area contributed by atoms with Gasteiger partial charge in [0.1, 0.15) is 30.4 Å². The number of aromatic nitrogens is 4. The Balaban J connectivity index is 1.23. The van der Waals surface area contributed by atoms with Gasteiger partial charge in [0.25, 0.3) is 0 Å². The summed E-state index contributed by atoms with van der Waals surface area (Å²) in [5.74, 6) is -0.589. The quantitative estimate of drug-likeness (QED) is 0.253. The minimum atomic E-state index is -1.07. The molecule has 2 aliphatic rings. The largest absolute Gasteiger partial charge is 0.478 e. The molecule has 13 nitrogen and oxygen atoms in total. The van der Waals surface area contributed by atoms with E-state index in [-0.39, 0.29) is 48.1 Å². The van der Waals surface area contributed by atoms with Crippen LogP contribution in [0.3, 0.4) is 0 Å². The number of hydrogen-bond acceptors (Lipinski definition) is 9. The van der Waals surface area contributed by atoms with Gasteiger partial charge in [0.05, 0.1) is 31.3 Å². The van der Waals surface area contributed by atoms with Crippen LogP contribution in [0.15, 0.2) is 65.8 Å². The van der Waals surface area contributed by atoms with E-state index in [2.05, 4.69) is 25.6 Å². The molecule has 3 N–H and O–H groups in total. The molecule has 4 heterocycles. The third-order valence-corrected chi connectivity index (χ3v) is 7.37. The lowest BCUT2D eigenvalue weighted by molar-refractivity contribution is -0.0592. The van der Waals surface area contributed by atoms with E-state index in [4.69, 9.17) is 18.6 Å². The van der Waals surface area contributed by atoms with E-state index in [1.165, 1.54) is 18.7 Å². The Kier molecular flexibility index (Phi) is 7.95. The summed E-state index contributed by atoms with van der Waals surface area (Å²) in [6, 6.07) is 10.7. The molecular weight excluding hydrogens is 544 g/mol. The normalized spacial score (nSPS) is 23.4. The predicted molar refractivity (Wildman–Crippen MR) is 149 cm³/mol. The number of aromatic carboxylic acids is 1. The van der Waals surface area contributed by atoms with E-state index in [1.54, 1.807) is 6.33 Å². The maximum absolute atomic E-state index is 12.1. The number of amides is 2. The molecule has 4 aromatic rings. The number of rotatable bonds is 10. The van der Waals surface area contributed by atoms with E-state index >= 15 is 0 Å². The van der Waals surface area contributed by atoms with E-state index in [9.17, 15) is 14.7 Å². The number of carbonyl (C=O) groups excluding carboxylic acids is 1. The highest BCUT2D eigenvalue weighted by Gasteiger charge is 2.52. The van der Waals surface area contributed by atoms with Gasteiger partial charge in [-0.15, -0.1) is 0 Å². The van der Waals surface area contributed by atoms with Gasteiger partial charge >= 0.3 is 12.0 Å². The summed E-state index contributed by atoms with van der Waals surface area (Å²) in [4.78, 5) is 36.8. The van der Waals surface area contributed by atoms with Gasteiger partial charge < -0.3 is 33.6 Å². The highest BCUT2D eigenvalue weighted by Crippen LogP contribution is 2.45. The highest BCUT2D eigenvalue weighted by molar-refractivity contribution is 5.95. The van der Waals surface area contributed by atoms with E-state index in [1.807, 2.05) is 54.0 Å². The number of carboxylic acids is 1. The van der Waals surface area contributed by atoms with Crippen LogP contribution in [-0.2, 0) is 20.8 Å². The van der Waals surface area contributed by atoms with E-state index < -0.39 is 12.3 Å². The van der Waals surface area contributed by atoms with Crippen molar-refractivity contribution in [1.29, 1.82) is 0 Å². The second-order valence-electron chi connectivity index (χ2n) is 10.0. The molecule has 1 aromatic carbocycles. The first-order chi connectivity index (χ1) is 20.5. The highest BCUT2D eigenvalue weighted by atomic mass is 16.7. The standard InChI is InChI=1S/C29H30N6O7/c1-2-30-29(38)34-26-23-27(32-15-31-26)35(16-33-23)20-12-18(13-39-14-21-19(28(36)37)10-11-40-21)24-25(20)42-22(41-24)9-8-17-6-4-3-5-7-17/h3-11,15-16,18,20,22,24-25H,2,12-14H2,1H3,(H,36,37)(H2,30,31,32,34,38)/b9-8+/t18?,20?,22-,24?,25?/m0/s1. The number of imidazole rings is 1. The lowest BCUT2D eigenvalue weighted by atomic mass is 10.1. The Hall–Kier alpha value is -4.59. The van der Waals surface area contributed by atoms with Gasteiger partial charge in [-0.3, -0.25) is 5.32 Å². The van der Waals surface area contributed by atoms with Crippen molar-refractivity contribution < 1.29 is 33.3 Å². The molecule has 5 atom stereocenters. The molecule has 2 amide bonds. The SMILES string of the molecule is CCNC(=O)Nc1ncnc2c1ncn2C1CC(COCc2occc2C(=O)O)C2O[C@H](/C=C/c3ccccc3)OC21. The van der Waals surface area contributed by atoms with Crippen LogP contribution >= 0.6 is 0 Å². The summed E-state index contributed by atoms with van der Waals surface area (Å²) in [6.07, 6.45) is 7.64. The topological polar surface area (TPSA) is 163 Å². The first-order valence-electron chi connectivity index (χ1n) is 13.7. The van der Waals surface area contributed by atoms with Crippen molar-refractivity contribution >= 4 is 35.1 Å². The second-order valence-corrected chi connectivity index (χ2v) is 10.0. The molecule has 1 aliphatic carbocycles. The van der Waals surface area contributed by atoms with Crippen molar-refractivity contribution in [2.75, 3.05) is 18.5 Å². The van der Waals surface area contributed by atoms with Crippen molar-refractivity contribution in [1.82, 2.24) is 24.8 Å². The van der Waals surface area contributed by atoms with Crippen LogP contribution in [0.25, 0.3) is 17.2 Å². The number of anilines is 1. The molecule has 1 saturated heterocycles. The fourth-order valence-corrected chi connectivity index (χ4v) is 5.49. The third kappa shape index (κ3) is 5.62. The van der Waals surface area contributed by atoms with Gasteiger partial charge in [-0.25, -0.2) is 24.5 Å². The molecule has 1 saturated carbocycles. The number of nitrogens with zero attached hydrogens (tertiary/aromatic N) is 4. The lowest BCUT2D eigenvalue weighted by Crippen LogP contribution is -2.29. The van der Waals surface area contributed by atoms with Crippen LogP contribution in [0.4, 0.5) is 10.6 Å². The van der Waals surface area contributed by atoms with Crippen LogP contribution in [-0.4, -0.2) is 68.3 Å². The molecule has 6 rings (SSSR count). The average molecular weight is 575 g/mol. The van der Waals surface area contributed by atoms with Gasteiger partial charge in [0.2, 0.25) is 0 Å². The van der Waals surface area contributed by atoms with Gasteiger partial charge in [-0.05, 0) is 31.1 Å². The fourth-order valence-electron chi connectivity index (χ4n) is 5.49. The molecule has 0 spiro atoms. The first-order valence-corrected chi connectivity index (χ1v) is 13.7. The molecule has 1 aliphatic heterocycles. The van der Waals surface area contributed by atoms with Crippen molar-refractivity contribution in [2.24, 2.45) is 5.92 Å². The number of furan rings is 1. The summed E-state index contributed by atoms with van der Waals surface area (Å²) in [5, 5.41) is 14.8. The summed E-state index contributed by atoms with van der Waals surface area (Å²) in [5.41, 5.74) is 2.11. The second kappa shape index (κ2) is 12.1. The number of carbonyl (C=O) groups is 2. The number of hydrogen-bond donors (Lipinski definition) is 3. The molecule has 4 unspecified atom stereocenters. The van der Waals surface area contributed by atoms with Gasteiger partial charge in [0, 0.05) is 12.5 Å². The zero-order valence-corrected chi connectivity index (χ0v) is 22.8. The average Bonchev–Trinajstić information content (AvgIpc) is 3.77. The Bertz CT molecular complexity index is 1590. The van der Waals surface area contributed by atoms with Crippen LogP contribution in [0.1, 0.15) is 41.1 Å². The summed E-state index contributed by atoms with van der Waals surface area (Å²) in [7, 11) is 0. The van der Waals surface area contributed by atoms with Gasteiger partial charge in [0.15, 0.2) is 23.3 Å². The minimum absolute atomic E-state index is 0.0153. The Morgan fingerprint density at radius 1 is 1.14 bits per heavy atom. The number of carboxylic acid groups (broad SMARTS) is 1. The van der Waals surface area contributed by atoms with E-state index in [0.29, 0.717) is 36.6 Å². The van der Waals surface area contributed by atoms with Gasteiger partial charge in [-0.2, -0.15) is 0 Å². The summed E-state index contributed by atoms with van der Waals surface area (Å²) >= 11 is 0. The zero-order chi connectivity index (χ0) is 29.1. The molecule has 13 heteroatoms. The number of nitrogens with one attached hydrogen (secondary N) is 2. The monoisotopic (exact) mass is 574 g/mol. The van der Waals surface area contributed by atoms with Crippen LogP contribution in [0.2, 0.25) is 0 Å². The number of ether oxygens (including phenoxy) is 3. The Morgan fingerprint density at radius 3 is 2.79 bits per heavy atom. The maximum atomic E-state index is 12.1. The molecule has 2 fully saturated rings. The summed E-state index contributed by atoms with van der Waals surface area (Å²) in [6.45, 7) is 2.60. The Morgan fingerprint density at radius 2 is 1.98 bits per heavy atom. The summed E-state index contributed by atoms with van der Waals surface area (Å²) < 4.78 is 26.0. The molecular formula is C29H30N6O7. The van der Waals surface area contributed by atoms with E-state index in [0.717, 1.165) is 5.56 Å². The Labute approximate surface area is 240 Å². The number of benzene rings is 1. The first kappa shape index (κ1) is 27.6. The minimum Gasteiger partial charge on any atom is -0.478 e. The molecule has 0 radical (unpaired) electrons. The van der Waals surface area contributed by atoms with Crippen LogP contribution in [0.5, 0.6) is 0 Å². The van der Waals surface area contributed by atoms with Crippen LogP contribution in [0, 0.1) is 5.92 Å². The van der Waals surface area contributed by atoms with Gasteiger partial charge in [-0.1, -0.05) is 36.4 Å². The number of urea groups is 1. The van der Waals surface area contributed by atoms with Crippen molar-refractivity contribution in [3.05, 3.63) is 78.3 Å². The number of fused-ring (bicyclic) bond motifs is 2. The molecule has 0 bridgehead atoms.